The molecule has 0 aliphatic carbocycles. The molecule has 0 amide bonds. The van der Waals surface area contributed by atoms with Crippen molar-refractivity contribution in [1.82, 2.24) is 0 Å². The van der Waals surface area contributed by atoms with Gasteiger partial charge in [-0.05, 0) is 20.8 Å². The Bertz CT molecular complexity index is 267. The smallest absolute Gasteiger partial charge is 0.334 e. The first kappa shape index (κ1) is 18.8. The van der Waals surface area contributed by atoms with E-state index in [-0.39, 0.29) is 25.2 Å². The van der Waals surface area contributed by atoms with Crippen LogP contribution in [0.3, 0.4) is 0 Å². The first-order valence-corrected chi connectivity index (χ1v) is 6.71. The Morgan fingerprint density at radius 2 is 1.50 bits per heavy atom. The fourth-order valence-electron chi connectivity index (χ4n) is 1.19. The molecule has 0 radical (unpaired) electrons. The molecule has 0 saturated carbocycles. The van der Waals surface area contributed by atoms with Crippen molar-refractivity contribution in [2.24, 2.45) is 0 Å². The van der Waals surface area contributed by atoms with Crippen LogP contribution >= 0.6 is 0 Å². The van der Waals surface area contributed by atoms with Crippen molar-refractivity contribution in [1.29, 1.82) is 0 Å². The normalized spacial score (nSPS) is 11.9. The first-order chi connectivity index (χ1) is 9.61. The number of hydrogen-bond donors (Lipinski definition) is 0. The van der Waals surface area contributed by atoms with Gasteiger partial charge in [-0.2, -0.15) is 0 Å². The molecule has 0 aromatic heterocycles. The number of carbonyl (C=O) groups excluding carboxylic acids is 2. The van der Waals surface area contributed by atoms with E-state index in [0.29, 0.717) is 33.0 Å². The summed E-state index contributed by atoms with van der Waals surface area (Å²) in [5, 5.41) is 0. The van der Waals surface area contributed by atoms with E-state index >= 15 is 0 Å². The van der Waals surface area contributed by atoms with Crippen LogP contribution in [0.4, 0.5) is 0 Å². The van der Waals surface area contributed by atoms with Crippen LogP contribution in [0.5, 0.6) is 0 Å². The van der Waals surface area contributed by atoms with Gasteiger partial charge in [0.05, 0.1) is 39.6 Å². The van der Waals surface area contributed by atoms with Crippen LogP contribution in [0.1, 0.15) is 20.8 Å². The van der Waals surface area contributed by atoms with E-state index in [2.05, 4.69) is 4.74 Å². The van der Waals surface area contributed by atoms with Crippen molar-refractivity contribution in [2.45, 2.75) is 26.9 Å². The van der Waals surface area contributed by atoms with E-state index in [1.165, 1.54) is 0 Å². The van der Waals surface area contributed by atoms with Gasteiger partial charge in [-0.3, -0.25) is 0 Å². The van der Waals surface area contributed by atoms with Gasteiger partial charge in [0.25, 0.3) is 0 Å². The van der Waals surface area contributed by atoms with Crippen LogP contribution in [-0.2, 0) is 33.3 Å². The molecule has 7 heteroatoms. The third-order valence-electron chi connectivity index (χ3n) is 2.11. The maximum atomic E-state index is 11.2. The molecule has 0 aromatic carbocycles. The van der Waals surface area contributed by atoms with E-state index in [0.717, 1.165) is 0 Å². The molecular formula is C13H24O7. The second-order valence-electron chi connectivity index (χ2n) is 3.74. The lowest BCUT2D eigenvalue weighted by Crippen LogP contribution is -2.25. The zero-order valence-electron chi connectivity index (χ0n) is 12.4. The Labute approximate surface area is 119 Å². The molecular weight excluding hydrogens is 268 g/mol. The van der Waals surface area contributed by atoms with Crippen LogP contribution in [-0.4, -0.2) is 64.3 Å². The van der Waals surface area contributed by atoms with Gasteiger partial charge >= 0.3 is 11.9 Å². The molecule has 0 N–H and O–H groups in total. The third-order valence-corrected chi connectivity index (χ3v) is 2.11. The highest BCUT2D eigenvalue weighted by molar-refractivity contribution is 5.74. The predicted octanol–water partition coefficient (Wildman–Crippen LogP) is 0.551. The minimum absolute atomic E-state index is 0.0758. The Kier molecular flexibility index (Phi) is 12.1. The Morgan fingerprint density at radius 1 is 0.900 bits per heavy atom. The fraction of sp³-hybridized carbons (Fsp3) is 0.846. The van der Waals surface area contributed by atoms with E-state index in [1.807, 2.05) is 0 Å². The molecule has 0 rings (SSSR count). The van der Waals surface area contributed by atoms with Crippen LogP contribution in [0.25, 0.3) is 0 Å². The molecule has 7 nitrogen and oxygen atoms in total. The van der Waals surface area contributed by atoms with Crippen molar-refractivity contribution >= 4 is 11.9 Å². The molecule has 0 heterocycles. The van der Waals surface area contributed by atoms with Crippen LogP contribution in [0, 0.1) is 0 Å². The molecule has 118 valence electrons. The third kappa shape index (κ3) is 10.7. The summed E-state index contributed by atoms with van der Waals surface area (Å²) in [5.74, 6) is -0.774. The van der Waals surface area contributed by atoms with E-state index in [9.17, 15) is 9.59 Å². The lowest BCUT2D eigenvalue weighted by molar-refractivity contribution is -0.156. The highest BCUT2D eigenvalue weighted by atomic mass is 16.6. The summed E-state index contributed by atoms with van der Waals surface area (Å²) in [6.07, 6.45) is -0.599. The molecule has 0 aliphatic heterocycles. The highest BCUT2D eigenvalue weighted by Gasteiger charge is 2.13. The maximum absolute atomic E-state index is 11.2. The average Bonchev–Trinajstić information content (AvgIpc) is 2.42. The average molecular weight is 292 g/mol. The molecule has 1 unspecified atom stereocenters. The van der Waals surface area contributed by atoms with Gasteiger partial charge < -0.3 is 23.7 Å². The topological polar surface area (TPSA) is 80.3 Å². The van der Waals surface area contributed by atoms with Gasteiger partial charge in [0, 0.05) is 0 Å². The SMILES string of the molecule is CCOC(=O)COCCOCCOC(C)C(=O)OCC. The van der Waals surface area contributed by atoms with Crippen molar-refractivity contribution in [3.63, 3.8) is 0 Å². The van der Waals surface area contributed by atoms with Crippen LogP contribution < -0.4 is 0 Å². The molecule has 0 aromatic rings. The van der Waals surface area contributed by atoms with Gasteiger partial charge in [0.15, 0.2) is 6.10 Å². The second kappa shape index (κ2) is 12.8. The van der Waals surface area contributed by atoms with Gasteiger partial charge in [-0.25, -0.2) is 9.59 Å². The van der Waals surface area contributed by atoms with E-state index in [4.69, 9.17) is 18.9 Å². The molecule has 0 bridgehead atoms. The van der Waals surface area contributed by atoms with Crippen LogP contribution in [0.2, 0.25) is 0 Å². The molecule has 0 fully saturated rings. The molecule has 0 spiro atoms. The number of ether oxygens (including phenoxy) is 5. The van der Waals surface area contributed by atoms with Gasteiger partial charge in [-0.1, -0.05) is 0 Å². The van der Waals surface area contributed by atoms with Crippen molar-refractivity contribution < 1.29 is 33.3 Å². The number of carbonyl (C=O) groups is 2. The summed E-state index contributed by atoms with van der Waals surface area (Å²) in [6.45, 7) is 6.97. The monoisotopic (exact) mass is 292 g/mol. The summed E-state index contributed by atoms with van der Waals surface area (Å²) < 4.78 is 24.9. The predicted molar refractivity (Wildman–Crippen MR) is 70.3 cm³/mol. The summed E-state index contributed by atoms with van der Waals surface area (Å²) in [4.78, 5) is 22.1. The molecule has 0 saturated heterocycles. The van der Waals surface area contributed by atoms with Gasteiger partial charge in [0.1, 0.15) is 6.61 Å². The summed E-state index contributed by atoms with van der Waals surface area (Å²) >= 11 is 0. The Hall–Kier alpha value is -1.18. The van der Waals surface area contributed by atoms with E-state index in [1.54, 1.807) is 20.8 Å². The fourth-order valence-corrected chi connectivity index (χ4v) is 1.19. The zero-order valence-corrected chi connectivity index (χ0v) is 12.4. The minimum atomic E-state index is -0.599. The first-order valence-electron chi connectivity index (χ1n) is 6.71. The molecule has 1 atom stereocenters. The van der Waals surface area contributed by atoms with Gasteiger partial charge in [-0.15, -0.1) is 0 Å². The largest absolute Gasteiger partial charge is 0.464 e. The van der Waals surface area contributed by atoms with Crippen molar-refractivity contribution in [2.75, 3.05) is 46.2 Å². The highest BCUT2D eigenvalue weighted by Crippen LogP contribution is 1.94. The van der Waals surface area contributed by atoms with Crippen molar-refractivity contribution in [3.05, 3.63) is 0 Å². The lowest BCUT2D eigenvalue weighted by Gasteiger charge is -2.11. The van der Waals surface area contributed by atoms with Crippen molar-refractivity contribution in [3.8, 4) is 0 Å². The Morgan fingerprint density at radius 3 is 2.15 bits per heavy atom. The number of rotatable bonds is 12. The zero-order chi connectivity index (χ0) is 15.2. The quantitative estimate of drug-likeness (QED) is 0.384. The van der Waals surface area contributed by atoms with Gasteiger partial charge in [0.2, 0.25) is 0 Å². The van der Waals surface area contributed by atoms with E-state index < -0.39 is 6.10 Å². The minimum Gasteiger partial charge on any atom is -0.464 e. The maximum Gasteiger partial charge on any atom is 0.334 e. The Balaban J connectivity index is 3.32. The second-order valence-corrected chi connectivity index (χ2v) is 3.74. The van der Waals surface area contributed by atoms with Crippen LogP contribution in [0.15, 0.2) is 0 Å². The molecule has 0 aliphatic rings. The lowest BCUT2D eigenvalue weighted by atomic mass is 10.4. The molecule has 20 heavy (non-hydrogen) atoms. The number of hydrogen-bond acceptors (Lipinski definition) is 7. The summed E-state index contributed by atoms with van der Waals surface area (Å²) in [7, 11) is 0. The number of esters is 2. The standard InChI is InChI=1S/C13H24O7/c1-4-18-12(14)10-17-7-6-16-8-9-20-11(3)13(15)19-5-2/h11H,4-10H2,1-3H3. The summed E-state index contributed by atoms with van der Waals surface area (Å²) in [5.41, 5.74) is 0. The summed E-state index contributed by atoms with van der Waals surface area (Å²) in [6, 6.07) is 0.